The highest BCUT2D eigenvalue weighted by molar-refractivity contribution is 6.14. The van der Waals surface area contributed by atoms with Gasteiger partial charge < -0.3 is 4.74 Å². The van der Waals surface area contributed by atoms with Crippen molar-refractivity contribution in [2.75, 3.05) is 13.7 Å². The summed E-state index contributed by atoms with van der Waals surface area (Å²) >= 11 is 0. The first-order valence-electron chi connectivity index (χ1n) is 10.9. The molecule has 164 valence electrons. The average Bonchev–Trinajstić information content (AvgIpc) is 2.71. The van der Waals surface area contributed by atoms with E-state index in [0.29, 0.717) is 12.4 Å². The third-order valence-electron chi connectivity index (χ3n) is 6.65. The minimum absolute atomic E-state index is 0.0905. The second kappa shape index (κ2) is 9.14. The van der Waals surface area contributed by atoms with Crippen LogP contribution in [0.2, 0.25) is 0 Å². The number of hydrogen-bond acceptors (Lipinski definition) is 5. The summed E-state index contributed by atoms with van der Waals surface area (Å²) in [5.74, 6) is -0.0512. The summed E-state index contributed by atoms with van der Waals surface area (Å²) in [5, 5.41) is 0. The lowest BCUT2D eigenvalue weighted by molar-refractivity contribution is -0.144. The molecule has 0 unspecified atom stereocenters. The fraction of sp³-hybridized carbons (Fsp3) is 0.652. The molecule has 2 fully saturated rings. The number of amides is 4. The second-order valence-corrected chi connectivity index (χ2v) is 8.94. The third-order valence-corrected chi connectivity index (χ3v) is 6.65. The maximum absolute atomic E-state index is 12.9. The smallest absolute Gasteiger partial charge is 0.333 e. The summed E-state index contributed by atoms with van der Waals surface area (Å²) in [5.41, 5.74) is 2.38. The Bertz CT molecular complexity index is 815. The van der Waals surface area contributed by atoms with Gasteiger partial charge in [0.15, 0.2) is 0 Å². The van der Waals surface area contributed by atoms with Crippen molar-refractivity contribution in [1.29, 1.82) is 0 Å². The molecule has 4 amide bonds. The van der Waals surface area contributed by atoms with Crippen LogP contribution in [-0.2, 0) is 16.0 Å². The van der Waals surface area contributed by atoms with E-state index < -0.39 is 6.03 Å². The molecule has 2 aliphatic rings. The van der Waals surface area contributed by atoms with E-state index in [4.69, 9.17) is 4.74 Å². The van der Waals surface area contributed by atoms with Gasteiger partial charge in [-0.25, -0.2) is 9.78 Å². The van der Waals surface area contributed by atoms with Crippen LogP contribution >= 0.6 is 0 Å². The van der Waals surface area contributed by atoms with E-state index in [2.05, 4.69) is 11.9 Å². The predicted molar refractivity (Wildman–Crippen MR) is 113 cm³/mol. The first-order valence-corrected chi connectivity index (χ1v) is 10.9. The zero-order valence-electron chi connectivity index (χ0n) is 18.6. The molecule has 1 saturated heterocycles. The van der Waals surface area contributed by atoms with Gasteiger partial charge in [-0.05, 0) is 62.5 Å². The lowest BCUT2D eigenvalue weighted by atomic mass is 9.70. The number of hydrogen-bond donors (Lipinski definition) is 0. The highest BCUT2D eigenvalue weighted by atomic mass is 16.5. The van der Waals surface area contributed by atoms with Gasteiger partial charge in [0.05, 0.1) is 7.11 Å². The Morgan fingerprint density at radius 2 is 1.90 bits per heavy atom. The molecule has 0 N–H and O–H groups in total. The molecule has 0 bridgehead atoms. The van der Waals surface area contributed by atoms with Crippen molar-refractivity contribution in [3.63, 3.8) is 0 Å². The summed E-state index contributed by atoms with van der Waals surface area (Å²) < 4.78 is 5.35. The molecule has 3 rings (SSSR count). The quantitative estimate of drug-likeness (QED) is 0.632. The Kier molecular flexibility index (Phi) is 6.78. The number of unbranched alkanes of at least 4 members (excludes halogenated alkanes) is 1. The van der Waals surface area contributed by atoms with E-state index >= 15 is 0 Å². The molecule has 1 aromatic heterocycles. The van der Waals surface area contributed by atoms with Crippen LogP contribution in [0.1, 0.15) is 69.9 Å². The molecule has 0 spiro atoms. The van der Waals surface area contributed by atoms with E-state index in [-0.39, 0.29) is 29.7 Å². The zero-order valence-corrected chi connectivity index (χ0v) is 18.6. The summed E-state index contributed by atoms with van der Waals surface area (Å²) in [6.07, 6.45) is 7.53. The number of barbiturate groups is 1. The standard InChI is InChI=1S/C23H33N3O4/c1-5-6-13-25-19(27)14-20(28)26(22(25)29)18-7-10-23(3,11-8-18)15-17-9-12-24-21(30-4)16(17)2/h9,12,18H,5-8,10-11,13-15H2,1-4H3. The number of urea groups is 1. The van der Waals surface area contributed by atoms with Crippen LogP contribution in [0.15, 0.2) is 12.3 Å². The molecule has 0 atom stereocenters. The summed E-state index contributed by atoms with van der Waals surface area (Å²) in [6, 6.07) is 1.50. The molecule has 1 aliphatic carbocycles. The number of pyridine rings is 1. The Balaban J connectivity index is 1.67. The lowest BCUT2D eigenvalue weighted by Gasteiger charge is -2.43. The molecule has 1 saturated carbocycles. The largest absolute Gasteiger partial charge is 0.481 e. The maximum atomic E-state index is 12.9. The zero-order chi connectivity index (χ0) is 21.9. The second-order valence-electron chi connectivity index (χ2n) is 8.94. The highest BCUT2D eigenvalue weighted by Gasteiger charge is 2.43. The average molecular weight is 416 g/mol. The minimum atomic E-state index is -0.423. The minimum Gasteiger partial charge on any atom is -0.481 e. The molecule has 7 heteroatoms. The first-order chi connectivity index (χ1) is 14.3. The van der Waals surface area contributed by atoms with E-state index in [1.54, 1.807) is 13.3 Å². The molecule has 7 nitrogen and oxygen atoms in total. The van der Waals surface area contributed by atoms with Crippen LogP contribution < -0.4 is 4.74 Å². The Morgan fingerprint density at radius 1 is 1.20 bits per heavy atom. The molecule has 30 heavy (non-hydrogen) atoms. The van der Waals surface area contributed by atoms with Crippen molar-refractivity contribution >= 4 is 17.8 Å². The van der Waals surface area contributed by atoms with Crippen LogP contribution in [0.25, 0.3) is 0 Å². The van der Waals surface area contributed by atoms with E-state index in [0.717, 1.165) is 50.5 Å². The number of carbonyl (C=O) groups is 3. The lowest BCUT2D eigenvalue weighted by Crippen LogP contribution is -2.59. The molecular formula is C23H33N3O4. The number of methoxy groups -OCH3 is 1. The number of nitrogens with zero attached hydrogens (tertiary/aromatic N) is 3. The van der Waals surface area contributed by atoms with Gasteiger partial charge >= 0.3 is 6.03 Å². The van der Waals surface area contributed by atoms with Gasteiger partial charge in [0.1, 0.15) is 6.42 Å². The van der Waals surface area contributed by atoms with Gasteiger partial charge in [0, 0.05) is 24.3 Å². The summed E-state index contributed by atoms with van der Waals surface area (Å²) in [4.78, 5) is 44.5. The normalized spacial score (nSPS) is 25.1. The molecule has 0 aromatic carbocycles. The molecule has 1 aromatic rings. The van der Waals surface area contributed by atoms with Crippen molar-refractivity contribution in [3.05, 3.63) is 23.4 Å². The fourth-order valence-corrected chi connectivity index (χ4v) is 4.70. The van der Waals surface area contributed by atoms with E-state index in [1.165, 1.54) is 15.4 Å². The van der Waals surface area contributed by atoms with Crippen molar-refractivity contribution in [3.8, 4) is 5.88 Å². The maximum Gasteiger partial charge on any atom is 0.333 e. The van der Waals surface area contributed by atoms with Crippen LogP contribution in [-0.4, -0.2) is 52.3 Å². The van der Waals surface area contributed by atoms with Crippen molar-refractivity contribution in [2.45, 2.75) is 78.2 Å². The molecule has 0 radical (unpaired) electrons. The number of rotatable bonds is 7. The van der Waals surface area contributed by atoms with Crippen LogP contribution in [0, 0.1) is 12.3 Å². The third kappa shape index (κ3) is 4.50. The Hall–Kier alpha value is -2.44. The van der Waals surface area contributed by atoms with Crippen LogP contribution in [0.4, 0.5) is 4.79 Å². The number of aromatic nitrogens is 1. The van der Waals surface area contributed by atoms with Crippen LogP contribution in [0.3, 0.4) is 0 Å². The number of carbonyl (C=O) groups excluding carboxylic acids is 3. The predicted octanol–water partition coefficient (Wildman–Crippen LogP) is 3.87. The van der Waals surface area contributed by atoms with Crippen LogP contribution in [0.5, 0.6) is 5.88 Å². The van der Waals surface area contributed by atoms with Crippen molar-refractivity contribution in [2.24, 2.45) is 5.41 Å². The Morgan fingerprint density at radius 3 is 2.53 bits per heavy atom. The van der Waals surface area contributed by atoms with E-state index in [1.807, 2.05) is 19.9 Å². The van der Waals surface area contributed by atoms with Gasteiger partial charge in [0.2, 0.25) is 17.7 Å². The number of imide groups is 2. The van der Waals surface area contributed by atoms with Crippen molar-refractivity contribution < 1.29 is 19.1 Å². The van der Waals surface area contributed by atoms with Gasteiger partial charge in [-0.2, -0.15) is 0 Å². The summed E-state index contributed by atoms with van der Waals surface area (Å²) in [6.45, 7) is 6.71. The topological polar surface area (TPSA) is 79.8 Å². The highest BCUT2D eigenvalue weighted by Crippen LogP contribution is 2.42. The van der Waals surface area contributed by atoms with Gasteiger partial charge in [0.25, 0.3) is 0 Å². The monoisotopic (exact) mass is 415 g/mol. The first kappa shape index (κ1) is 22.2. The van der Waals surface area contributed by atoms with Gasteiger partial charge in [-0.15, -0.1) is 0 Å². The van der Waals surface area contributed by atoms with Gasteiger partial charge in [-0.3, -0.25) is 19.4 Å². The molecule has 2 heterocycles. The molecule has 1 aliphatic heterocycles. The van der Waals surface area contributed by atoms with E-state index in [9.17, 15) is 14.4 Å². The van der Waals surface area contributed by atoms with Crippen molar-refractivity contribution in [1.82, 2.24) is 14.8 Å². The van der Waals surface area contributed by atoms with Gasteiger partial charge in [-0.1, -0.05) is 20.3 Å². The number of ether oxygens (including phenoxy) is 1. The summed E-state index contributed by atoms with van der Waals surface area (Å²) in [7, 11) is 1.63. The molecular weight excluding hydrogens is 382 g/mol. The SMILES string of the molecule is CCCCN1C(=O)CC(=O)N(C2CCC(C)(Cc3ccnc(OC)c3C)CC2)C1=O. The fourth-order valence-electron chi connectivity index (χ4n) is 4.70. The Labute approximate surface area is 178 Å².